The van der Waals surface area contributed by atoms with Crippen molar-refractivity contribution in [2.45, 2.75) is 36.9 Å². The Morgan fingerprint density at radius 1 is 1.32 bits per heavy atom. The fourth-order valence-corrected chi connectivity index (χ4v) is 3.29. The molecule has 0 aliphatic heterocycles. The number of nitrogens with one attached hydrogen (secondary N) is 1. The van der Waals surface area contributed by atoms with Crippen LogP contribution in [0.3, 0.4) is 0 Å². The van der Waals surface area contributed by atoms with Crippen LogP contribution in [0.4, 0.5) is 4.39 Å². The average Bonchev–Trinajstić information content (AvgIpc) is 2.40. The second kappa shape index (κ2) is 7.04. The highest BCUT2D eigenvalue weighted by atomic mass is 79.9. The molecule has 2 rings (SSSR count). The van der Waals surface area contributed by atoms with E-state index in [1.54, 1.807) is 18.2 Å². The van der Waals surface area contributed by atoms with Crippen molar-refractivity contribution < 1.29 is 9.18 Å². The van der Waals surface area contributed by atoms with Crippen molar-refractivity contribution >= 4 is 21.8 Å². The first kappa shape index (κ1) is 14.5. The van der Waals surface area contributed by atoms with Crippen molar-refractivity contribution in [1.29, 1.82) is 0 Å². The van der Waals surface area contributed by atoms with Crippen LogP contribution in [0.15, 0.2) is 24.3 Å². The molecular formula is C15H19BrFNO. The summed E-state index contributed by atoms with van der Waals surface area (Å²) in [5, 5.41) is 2.92. The van der Waals surface area contributed by atoms with Crippen LogP contribution in [0.1, 0.15) is 31.2 Å². The molecule has 2 atom stereocenters. The zero-order valence-corrected chi connectivity index (χ0v) is 12.5. The quantitative estimate of drug-likeness (QED) is 0.843. The van der Waals surface area contributed by atoms with Gasteiger partial charge in [0.05, 0.1) is 6.42 Å². The van der Waals surface area contributed by atoms with E-state index >= 15 is 0 Å². The Balaban J connectivity index is 1.80. The number of benzene rings is 1. The van der Waals surface area contributed by atoms with Crippen molar-refractivity contribution in [3.63, 3.8) is 0 Å². The number of alkyl halides is 1. The smallest absolute Gasteiger partial charge is 0.224 e. The zero-order chi connectivity index (χ0) is 13.7. The SMILES string of the molecule is O=C(Cc1ccccc1F)NCC1CCCCC1Br. The number of carbonyl (C=O) groups excluding carboxylic acids is 1. The highest BCUT2D eigenvalue weighted by Gasteiger charge is 2.23. The average molecular weight is 328 g/mol. The Hall–Kier alpha value is -0.900. The van der Waals surface area contributed by atoms with Gasteiger partial charge in [0.1, 0.15) is 5.82 Å². The number of amides is 1. The lowest BCUT2D eigenvalue weighted by Gasteiger charge is -2.27. The largest absolute Gasteiger partial charge is 0.355 e. The molecule has 1 amide bonds. The van der Waals surface area contributed by atoms with Crippen molar-refractivity contribution in [3.05, 3.63) is 35.6 Å². The monoisotopic (exact) mass is 327 g/mol. The summed E-state index contributed by atoms with van der Waals surface area (Å²) < 4.78 is 13.4. The summed E-state index contributed by atoms with van der Waals surface area (Å²) in [4.78, 5) is 12.3. The summed E-state index contributed by atoms with van der Waals surface area (Å²) in [5.74, 6) is 0.0855. The van der Waals surface area contributed by atoms with E-state index in [1.165, 1.54) is 25.3 Å². The molecule has 1 aliphatic rings. The van der Waals surface area contributed by atoms with Gasteiger partial charge in [-0.05, 0) is 30.4 Å². The third-order valence-electron chi connectivity index (χ3n) is 3.69. The van der Waals surface area contributed by atoms with E-state index in [9.17, 15) is 9.18 Å². The van der Waals surface area contributed by atoms with Crippen LogP contribution < -0.4 is 5.32 Å². The lowest BCUT2D eigenvalue weighted by atomic mass is 9.89. The molecule has 1 aromatic carbocycles. The predicted octanol–water partition coefficient (Wildman–Crippen LogP) is 3.44. The highest BCUT2D eigenvalue weighted by molar-refractivity contribution is 9.09. The number of halogens is 2. The molecule has 0 spiro atoms. The van der Waals surface area contributed by atoms with E-state index in [0.29, 0.717) is 22.9 Å². The maximum atomic E-state index is 13.4. The third kappa shape index (κ3) is 4.30. The van der Waals surface area contributed by atoms with E-state index in [4.69, 9.17) is 0 Å². The number of hydrogen-bond acceptors (Lipinski definition) is 1. The maximum absolute atomic E-state index is 13.4. The molecule has 0 heterocycles. The topological polar surface area (TPSA) is 29.1 Å². The lowest BCUT2D eigenvalue weighted by Crippen LogP contribution is -2.35. The first-order valence-electron chi connectivity index (χ1n) is 6.81. The second-order valence-corrected chi connectivity index (χ2v) is 6.31. The van der Waals surface area contributed by atoms with Gasteiger partial charge >= 0.3 is 0 Å². The maximum Gasteiger partial charge on any atom is 0.224 e. The molecule has 1 N–H and O–H groups in total. The molecule has 0 bridgehead atoms. The summed E-state index contributed by atoms with van der Waals surface area (Å²) in [7, 11) is 0. The van der Waals surface area contributed by atoms with Crippen molar-refractivity contribution in [2.75, 3.05) is 6.54 Å². The molecule has 104 valence electrons. The van der Waals surface area contributed by atoms with Crippen molar-refractivity contribution in [3.8, 4) is 0 Å². The van der Waals surface area contributed by atoms with Crippen LogP contribution >= 0.6 is 15.9 Å². The fourth-order valence-electron chi connectivity index (χ4n) is 2.51. The minimum Gasteiger partial charge on any atom is -0.355 e. The predicted molar refractivity (Wildman–Crippen MR) is 77.8 cm³/mol. The van der Waals surface area contributed by atoms with E-state index in [0.717, 1.165) is 6.42 Å². The first-order valence-corrected chi connectivity index (χ1v) is 7.72. The fraction of sp³-hybridized carbons (Fsp3) is 0.533. The van der Waals surface area contributed by atoms with Crippen LogP contribution in [0, 0.1) is 11.7 Å². The van der Waals surface area contributed by atoms with Gasteiger partial charge in [-0.2, -0.15) is 0 Å². The minimum absolute atomic E-state index is 0.102. The molecular weight excluding hydrogens is 309 g/mol. The van der Waals surface area contributed by atoms with E-state index in [-0.39, 0.29) is 18.1 Å². The van der Waals surface area contributed by atoms with Gasteiger partial charge in [0.15, 0.2) is 0 Å². The van der Waals surface area contributed by atoms with Crippen LogP contribution in [-0.4, -0.2) is 17.3 Å². The van der Waals surface area contributed by atoms with E-state index in [1.807, 2.05) is 0 Å². The van der Waals surface area contributed by atoms with Crippen LogP contribution in [0.5, 0.6) is 0 Å². The van der Waals surface area contributed by atoms with Gasteiger partial charge in [0.2, 0.25) is 5.91 Å². The number of carbonyl (C=O) groups is 1. The Labute approximate surface area is 121 Å². The molecule has 1 aromatic rings. The number of rotatable bonds is 4. The Kier molecular flexibility index (Phi) is 5.37. The van der Waals surface area contributed by atoms with Crippen molar-refractivity contribution in [1.82, 2.24) is 5.32 Å². The summed E-state index contributed by atoms with van der Waals surface area (Å²) >= 11 is 3.67. The molecule has 1 aliphatic carbocycles. The van der Waals surface area contributed by atoms with Crippen LogP contribution in [-0.2, 0) is 11.2 Å². The van der Waals surface area contributed by atoms with Gasteiger partial charge in [0.25, 0.3) is 0 Å². The van der Waals surface area contributed by atoms with E-state index in [2.05, 4.69) is 21.2 Å². The molecule has 1 saturated carbocycles. The zero-order valence-electron chi connectivity index (χ0n) is 10.9. The minimum atomic E-state index is -0.311. The van der Waals surface area contributed by atoms with Gasteiger partial charge in [-0.15, -0.1) is 0 Å². The molecule has 1 fully saturated rings. The normalized spacial score (nSPS) is 23.1. The first-order chi connectivity index (χ1) is 9.16. The van der Waals surface area contributed by atoms with Gasteiger partial charge in [0, 0.05) is 11.4 Å². The standard InChI is InChI=1S/C15H19BrFNO/c16-13-7-3-1-6-12(13)10-18-15(19)9-11-5-2-4-8-14(11)17/h2,4-5,8,12-13H,1,3,6-7,9-10H2,(H,18,19). The second-order valence-electron chi connectivity index (χ2n) is 5.13. The summed E-state index contributed by atoms with van der Waals surface area (Å²) in [6.45, 7) is 0.684. The highest BCUT2D eigenvalue weighted by Crippen LogP contribution is 2.29. The lowest BCUT2D eigenvalue weighted by molar-refractivity contribution is -0.120. The van der Waals surface area contributed by atoms with Gasteiger partial charge in [-0.25, -0.2) is 4.39 Å². The molecule has 4 heteroatoms. The Morgan fingerprint density at radius 2 is 2.05 bits per heavy atom. The van der Waals surface area contributed by atoms with Crippen molar-refractivity contribution in [2.24, 2.45) is 5.92 Å². The molecule has 0 radical (unpaired) electrons. The molecule has 19 heavy (non-hydrogen) atoms. The van der Waals surface area contributed by atoms with Crippen LogP contribution in [0.25, 0.3) is 0 Å². The van der Waals surface area contributed by atoms with E-state index < -0.39 is 0 Å². The Morgan fingerprint density at radius 3 is 2.79 bits per heavy atom. The Bertz CT molecular complexity index is 438. The van der Waals surface area contributed by atoms with Gasteiger partial charge in [-0.1, -0.05) is 47.0 Å². The summed E-state index contributed by atoms with van der Waals surface area (Å²) in [5.41, 5.74) is 0.457. The van der Waals surface area contributed by atoms with Gasteiger partial charge < -0.3 is 5.32 Å². The summed E-state index contributed by atoms with van der Waals surface area (Å²) in [6.07, 6.45) is 4.93. The number of hydrogen-bond donors (Lipinski definition) is 1. The van der Waals surface area contributed by atoms with Gasteiger partial charge in [-0.3, -0.25) is 4.79 Å². The molecule has 0 aromatic heterocycles. The molecule has 0 saturated heterocycles. The summed E-state index contributed by atoms with van der Waals surface area (Å²) in [6, 6.07) is 6.43. The molecule has 2 nitrogen and oxygen atoms in total. The van der Waals surface area contributed by atoms with Crippen LogP contribution in [0.2, 0.25) is 0 Å². The third-order valence-corrected chi connectivity index (χ3v) is 4.89. The molecule has 2 unspecified atom stereocenters.